The molecular weight excluding hydrogens is 372 g/mol. The summed E-state index contributed by atoms with van der Waals surface area (Å²) < 4.78 is 29.4. The molecule has 1 heterocycles. The molecule has 0 saturated carbocycles. The van der Waals surface area contributed by atoms with Crippen LogP contribution in [0.5, 0.6) is 5.75 Å². The summed E-state index contributed by atoms with van der Waals surface area (Å²) >= 11 is 5.93. The molecule has 0 amide bonds. The van der Waals surface area contributed by atoms with Crippen LogP contribution in [0, 0.1) is 0 Å². The van der Waals surface area contributed by atoms with Crippen molar-refractivity contribution in [3.8, 4) is 5.75 Å². The highest BCUT2D eigenvalue weighted by Crippen LogP contribution is 2.11. The first-order chi connectivity index (χ1) is 12.5. The molecule has 0 bridgehead atoms. The predicted molar refractivity (Wildman–Crippen MR) is 102 cm³/mol. The number of quaternary nitrogens is 2. The third kappa shape index (κ3) is 5.99. The number of hydrogen-bond acceptors (Lipinski definition) is 3. The molecule has 3 rings (SSSR count). The fourth-order valence-corrected chi connectivity index (χ4v) is 4.36. The standard InChI is InChI=1S/C19H23ClN2O3S/c20-18-8-6-17(7-9-18)16-22-12-10-21(11-13-22)14-15-26(23,24)25-19-4-2-1-3-5-19/h1-9H,10-16H2/p+2. The third-order valence-corrected chi connectivity index (χ3v) is 6.11. The largest absolute Gasteiger partial charge is 0.382 e. The normalized spacial score (nSPS) is 20.7. The molecule has 1 aliphatic rings. The predicted octanol–water partition coefficient (Wildman–Crippen LogP) is 0.0322. The Labute approximate surface area is 160 Å². The molecule has 7 heteroatoms. The number of piperazine rings is 1. The second-order valence-corrected chi connectivity index (χ2v) is 8.84. The van der Waals surface area contributed by atoms with Gasteiger partial charge in [-0.3, -0.25) is 0 Å². The zero-order valence-electron chi connectivity index (χ0n) is 14.7. The Morgan fingerprint density at radius 2 is 1.50 bits per heavy atom. The molecule has 2 aromatic carbocycles. The van der Waals surface area contributed by atoms with Crippen molar-refractivity contribution in [2.75, 3.05) is 38.5 Å². The summed E-state index contributed by atoms with van der Waals surface area (Å²) in [5, 5.41) is 0.761. The van der Waals surface area contributed by atoms with Gasteiger partial charge in [-0.2, -0.15) is 8.42 Å². The van der Waals surface area contributed by atoms with Gasteiger partial charge >= 0.3 is 10.1 Å². The van der Waals surface area contributed by atoms with E-state index < -0.39 is 10.1 Å². The van der Waals surface area contributed by atoms with Crippen molar-refractivity contribution in [3.05, 3.63) is 65.2 Å². The Morgan fingerprint density at radius 3 is 2.15 bits per heavy atom. The first kappa shape index (κ1) is 19.2. The summed E-state index contributed by atoms with van der Waals surface area (Å²) in [5.74, 6) is 0.420. The average molecular weight is 397 g/mol. The van der Waals surface area contributed by atoms with E-state index in [0.717, 1.165) is 37.7 Å². The second kappa shape index (κ2) is 8.86. The monoisotopic (exact) mass is 396 g/mol. The molecule has 0 spiro atoms. The lowest BCUT2D eigenvalue weighted by molar-refractivity contribution is -1.02. The summed E-state index contributed by atoms with van der Waals surface area (Å²) in [5.41, 5.74) is 1.28. The van der Waals surface area contributed by atoms with Crippen LogP contribution in [0.4, 0.5) is 0 Å². The minimum Gasteiger partial charge on any atom is -0.382 e. The highest BCUT2D eigenvalue weighted by Gasteiger charge is 2.25. The van der Waals surface area contributed by atoms with Crippen molar-refractivity contribution in [1.29, 1.82) is 0 Å². The molecule has 2 aromatic rings. The van der Waals surface area contributed by atoms with Crippen LogP contribution in [0.2, 0.25) is 5.02 Å². The van der Waals surface area contributed by atoms with Crippen molar-refractivity contribution < 1.29 is 22.4 Å². The molecule has 0 radical (unpaired) electrons. The number of rotatable bonds is 7. The zero-order chi connectivity index (χ0) is 18.4. The van der Waals surface area contributed by atoms with E-state index in [-0.39, 0.29) is 5.75 Å². The molecule has 0 unspecified atom stereocenters. The van der Waals surface area contributed by atoms with Gasteiger partial charge in [-0.1, -0.05) is 41.9 Å². The molecule has 1 aliphatic heterocycles. The van der Waals surface area contributed by atoms with Crippen LogP contribution in [0.15, 0.2) is 54.6 Å². The number of nitrogens with one attached hydrogen (secondary N) is 2. The van der Waals surface area contributed by atoms with E-state index in [4.69, 9.17) is 15.8 Å². The van der Waals surface area contributed by atoms with Gasteiger partial charge in [0.1, 0.15) is 44.2 Å². The van der Waals surface area contributed by atoms with Gasteiger partial charge in [0.2, 0.25) is 0 Å². The van der Waals surface area contributed by atoms with Gasteiger partial charge in [0.25, 0.3) is 0 Å². The first-order valence-electron chi connectivity index (χ1n) is 8.89. The highest BCUT2D eigenvalue weighted by atomic mass is 35.5. The van der Waals surface area contributed by atoms with E-state index in [1.54, 1.807) is 24.3 Å². The topological polar surface area (TPSA) is 52.2 Å². The van der Waals surface area contributed by atoms with Crippen LogP contribution in [-0.4, -0.2) is 46.9 Å². The third-order valence-electron chi connectivity index (χ3n) is 4.70. The van der Waals surface area contributed by atoms with E-state index >= 15 is 0 Å². The lowest BCUT2D eigenvalue weighted by Crippen LogP contribution is -3.27. The Bertz CT molecular complexity index is 789. The summed E-state index contributed by atoms with van der Waals surface area (Å²) in [6.45, 7) is 5.60. The molecule has 0 atom stereocenters. The van der Waals surface area contributed by atoms with Crippen molar-refractivity contribution in [2.24, 2.45) is 0 Å². The van der Waals surface area contributed by atoms with E-state index in [2.05, 4.69) is 12.1 Å². The number of para-hydroxylation sites is 1. The Morgan fingerprint density at radius 1 is 0.885 bits per heavy atom. The van der Waals surface area contributed by atoms with E-state index in [0.29, 0.717) is 12.3 Å². The van der Waals surface area contributed by atoms with Gasteiger partial charge in [-0.05, 0) is 24.3 Å². The fraction of sp³-hybridized carbons (Fsp3) is 0.368. The van der Waals surface area contributed by atoms with Crippen LogP contribution in [0.1, 0.15) is 5.56 Å². The van der Waals surface area contributed by atoms with Gasteiger partial charge < -0.3 is 14.0 Å². The summed E-state index contributed by atoms with van der Waals surface area (Å²) in [6, 6.07) is 16.7. The molecule has 1 saturated heterocycles. The van der Waals surface area contributed by atoms with Gasteiger partial charge in [0.15, 0.2) is 0 Å². The van der Waals surface area contributed by atoms with Gasteiger partial charge in [0, 0.05) is 10.6 Å². The molecule has 0 aliphatic carbocycles. The Hall–Kier alpha value is -1.60. The maximum atomic E-state index is 12.1. The van der Waals surface area contributed by atoms with Crippen LogP contribution < -0.4 is 14.0 Å². The molecular formula is C19H25ClN2O3S+2. The smallest absolute Gasteiger partial charge is 0.314 e. The molecule has 0 aromatic heterocycles. The van der Waals surface area contributed by atoms with E-state index in [1.807, 2.05) is 18.2 Å². The quantitative estimate of drug-likeness (QED) is 0.649. The van der Waals surface area contributed by atoms with Crippen LogP contribution in [0.3, 0.4) is 0 Å². The molecule has 5 nitrogen and oxygen atoms in total. The van der Waals surface area contributed by atoms with Crippen LogP contribution >= 0.6 is 11.6 Å². The summed E-state index contributed by atoms with van der Waals surface area (Å²) in [6.07, 6.45) is 0. The maximum absolute atomic E-state index is 12.1. The van der Waals surface area contributed by atoms with Gasteiger partial charge in [-0.15, -0.1) is 0 Å². The molecule has 26 heavy (non-hydrogen) atoms. The first-order valence-corrected chi connectivity index (χ1v) is 10.8. The highest BCUT2D eigenvalue weighted by molar-refractivity contribution is 7.87. The average Bonchev–Trinajstić information content (AvgIpc) is 2.64. The van der Waals surface area contributed by atoms with Crippen molar-refractivity contribution >= 4 is 21.7 Å². The van der Waals surface area contributed by atoms with Crippen LogP contribution in [-0.2, 0) is 16.7 Å². The van der Waals surface area contributed by atoms with Crippen molar-refractivity contribution in [2.45, 2.75) is 6.54 Å². The minimum atomic E-state index is -3.54. The molecule has 140 valence electrons. The van der Waals surface area contributed by atoms with Crippen LogP contribution in [0.25, 0.3) is 0 Å². The number of hydrogen-bond donors (Lipinski definition) is 2. The Kier molecular flexibility index (Phi) is 6.53. The Balaban J connectivity index is 1.41. The number of benzene rings is 2. The second-order valence-electron chi connectivity index (χ2n) is 6.71. The molecule has 2 N–H and O–H groups in total. The lowest BCUT2D eigenvalue weighted by Gasteiger charge is -2.29. The zero-order valence-corrected chi connectivity index (χ0v) is 16.2. The van der Waals surface area contributed by atoms with Gasteiger partial charge in [0.05, 0.1) is 6.54 Å². The minimum absolute atomic E-state index is 0.0454. The number of halogens is 1. The fourth-order valence-electron chi connectivity index (χ4n) is 3.21. The van der Waals surface area contributed by atoms with Crippen molar-refractivity contribution in [1.82, 2.24) is 0 Å². The molecule has 1 fully saturated rings. The summed E-state index contributed by atoms with van der Waals surface area (Å²) in [4.78, 5) is 2.85. The maximum Gasteiger partial charge on any atom is 0.314 e. The van der Waals surface area contributed by atoms with E-state index in [9.17, 15) is 8.42 Å². The summed E-state index contributed by atoms with van der Waals surface area (Å²) in [7, 11) is -3.54. The van der Waals surface area contributed by atoms with Crippen molar-refractivity contribution in [3.63, 3.8) is 0 Å². The SMILES string of the molecule is O=S(=O)(CC[NH+]1CC[NH+](Cc2ccc(Cl)cc2)CC1)Oc1ccccc1. The van der Waals surface area contributed by atoms with Gasteiger partial charge in [-0.25, -0.2) is 0 Å². The van der Waals surface area contributed by atoms with E-state index in [1.165, 1.54) is 15.4 Å². The lowest BCUT2D eigenvalue weighted by atomic mass is 10.2.